The number of hydrogen-bond donors (Lipinski definition) is 1. The van der Waals surface area contributed by atoms with Crippen LogP contribution in [0.4, 0.5) is 0 Å². The van der Waals surface area contributed by atoms with Gasteiger partial charge >= 0.3 is 5.97 Å². The lowest BCUT2D eigenvalue weighted by molar-refractivity contribution is -0.137. The standard InChI is InChI=1S/C15H24N2O2/c1-13-6-4-5-7-14(13)12-17(9-8-15(18)19)11-10-16(2)3/h4-7H,8-12H2,1-3H3,(H,18,19). The molecule has 0 unspecified atom stereocenters. The van der Waals surface area contributed by atoms with E-state index in [2.05, 4.69) is 28.9 Å². The average molecular weight is 264 g/mol. The van der Waals surface area contributed by atoms with E-state index in [9.17, 15) is 4.79 Å². The van der Waals surface area contributed by atoms with E-state index in [1.165, 1.54) is 11.1 Å². The van der Waals surface area contributed by atoms with Gasteiger partial charge in [-0.2, -0.15) is 0 Å². The van der Waals surface area contributed by atoms with E-state index in [1.54, 1.807) is 0 Å². The van der Waals surface area contributed by atoms with Gasteiger partial charge in [-0.1, -0.05) is 24.3 Å². The first-order valence-electron chi connectivity index (χ1n) is 6.62. The number of rotatable bonds is 8. The molecule has 106 valence electrons. The van der Waals surface area contributed by atoms with Crippen LogP contribution in [0.5, 0.6) is 0 Å². The molecular weight excluding hydrogens is 240 g/mol. The van der Waals surface area contributed by atoms with Gasteiger partial charge in [-0.25, -0.2) is 0 Å². The van der Waals surface area contributed by atoms with Gasteiger partial charge < -0.3 is 10.0 Å². The largest absolute Gasteiger partial charge is 0.481 e. The molecule has 0 radical (unpaired) electrons. The predicted molar refractivity (Wildman–Crippen MR) is 77.3 cm³/mol. The summed E-state index contributed by atoms with van der Waals surface area (Å²) in [6, 6.07) is 8.26. The molecule has 1 aromatic rings. The molecule has 19 heavy (non-hydrogen) atoms. The molecule has 4 nitrogen and oxygen atoms in total. The maximum absolute atomic E-state index is 10.7. The van der Waals surface area contributed by atoms with Crippen LogP contribution < -0.4 is 0 Å². The van der Waals surface area contributed by atoms with Crippen LogP contribution in [-0.4, -0.2) is 54.6 Å². The number of nitrogens with zero attached hydrogens (tertiary/aromatic N) is 2. The summed E-state index contributed by atoms with van der Waals surface area (Å²) in [6.07, 6.45) is 0.194. The Morgan fingerprint density at radius 1 is 1.16 bits per heavy atom. The zero-order valence-corrected chi connectivity index (χ0v) is 12.1. The molecule has 0 spiro atoms. The van der Waals surface area contributed by atoms with E-state index >= 15 is 0 Å². The molecule has 0 aromatic heterocycles. The van der Waals surface area contributed by atoms with Crippen LogP contribution >= 0.6 is 0 Å². The summed E-state index contributed by atoms with van der Waals surface area (Å²) in [5, 5.41) is 8.82. The topological polar surface area (TPSA) is 43.8 Å². The molecule has 0 heterocycles. The van der Waals surface area contributed by atoms with Gasteiger partial charge in [-0.3, -0.25) is 9.69 Å². The van der Waals surface area contributed by atoms with Crippen LogP contribution in [0.15, 0.2) is 24.3 Å². The normalized spacial score (nSPS) is 11.2. The number of benzene rings is 1. The van der Waals surface area contributed by atoms with E-state index in [4.69, 9.17) is 5.11 Å². The first-order chi connectivity index (χ1) is 8.99. The monoisotopic (exact) mass is 264 g/mol. The second kappa shape index (κ2) is 7.92. The van der Waals surface area contributed by atoms with E-state index in [0.717, 1.165) is 19.6 Å². The van der Waals surface area contributed by atoms with E-state index in [1.807, 2.05) is 26.2 Å². The number of aryl methyl sites for hydroxylation is 1. The maximum Gasteiger partial charge on any atom is 0.304 e. The van der Waals surface area contributed by atoms with Gasteiger partial charge in [0.2, 0.25) is 0 Å². The molecule has 0 fully saturated rings. The van der Waals surface area contributed by atoms with Gasteiger partial charge in [0.25, 0.3) is 0 Å². The number of hydrogen-bond acceptors (Lipinski definition) is 3. The Balaban J connectivity index is 2.62. The third-order valence-electron chi connectivity index (χ3n) is 3.16. The highest BCUT2D eigenvalue weighted by molar-refractivity contribution is 5.66. The second-order valence-electron chi connectivity index (χ2n) is 5.15. The molecule has 0 amide bonds. The SMILES string of the molecule is Cc1ccccc1CN(CCC(=O)O)CCN(C)C. The molecule has 0 aliphatic rings. The van der Waals surface area contributed by atoms with E-state index < -0.39 is 5.97 Å². The second-order valence-corrected chi connectivity index (χ2v) is 5.15. The number of carboxylic acids is 1. The molecule has 0 aliphatic carbocycles. The van der Waals surface area contributed by atoms with Crippen LogP contribution in [0.1, 0.15) is 17.5 Å². The molecule has 1 aromatic carbocycles. The van der Waals surface area contributed by atoms with Crippen LogP contribution in [0.25, 0.3) is 0 Å². The molecule has 0 saturated carbocycles. The number of aliphatic carboxylic acids is 1. The Bertz CT molecular complexity index is 405. The summed E-state index contributed by atoms with van der Waals surface area (Å²) in [6.45, 7) is 5.32. The fourth-order valence-electron chi connectivity index (χ4n) is 1.89. The first kappa shape index (κ1) is 15.7. The molecule has 4 heteroatoms. The number of carboxylic acid groups (broad SMARTS) is 1. The summed E-state index contributed by atoms with van der Waals surface area (Å²) in [7, 11) is 4.06. The zero-order valence-electron chi connectivity index (χ0n) is 12.1. The highest BCUT2D eigenvalue weighted by Gasteiger charge is 2.10. The minimum absolute atomic E-state index is 0.194. The average Bonchev–Trinajstić information content (AvgIpc) is 2.34. The van der Waals surface area contributed by atoms with Crippen LogP contribution in [0.2, 0.25) is 0 Å². The fraction of sp³-hybridized carbons (Fsp3) is 0.533. The maximum atomic E-state index is 10.7. The van der Waals surface area contributed by atoms with Crippen molar-refractivity contribution in [3.63, 3.8) is 0 Å². The molecule has 0 saturated heterocycles. The summed E-state index contributed by atoms with van der Waals surface area (Å²) in [5.41, 5.74) is 2.53. The minimum Gasteiger partial charge on any atom is -0.481 e. The molecule has 0 bridgehead atoms. The Morgan fingerprint density at radius 3 is 2.42 bits per heavy atom. The van der Waals surface area contributed by atoms with Gasteiger partial charge in [-0.05, 0) is 32.1 Å². The smallest absolute Gasteiger partial charge is 0.304 e. The lowest BCUT2D eigenvalue weighted by atomic mass is 10.1. The lowest BCUT2D eigenvalue weighted by Gasteiger charge is -2.24. The quantitative estimate of drug-likeness (QED) is 0.778. The van der Waals surface area contributed by atoms with Gasteiger partial charge in [0.15, 0.2) is 0 Å². The fourth-order valence-corrected chi connectivity index (χ4v) is 1.89. The van der Waals surface area contributed by atoms with Crippen molar-refractivity contribution in [3.05, 3.63) is 35.4 Å². The van der Waals surface area contributed by atoms with Crippen molar-refractivity contribution < 1.29 is 9.90 Å². The highest BCUT2D eigenvalue weighted by Crippen LogP contribution is 2.10. The number of carbonyl (C=O) groups is 1. The lowest BCUT2D eigenvalue weighted by Crippen LogP contribution is -2.33. The van der Waals surface area contributed by atoms with E-state index in [0.29, 0.717) is 6.54 Å². The predicted octanol–water partition coefficient (Wildman–Crippen LogP) is 1.83. The summed E-state index contributed by atoms with van der Waals surface area (Å²) in [4.78, 5) is 15.0. The van der Waals surface area contributed by atoms with Crippen LogP contribution in [0.3, 0.4) is 0 Å². The van der Waals surface area contributed by atoms with E-state index in [-0.39, 0.29) is 6.42 Å². The first-order valence-corrected chi connectivity index (χ1v) is 6.62. The van der Waals surface area contributed by atoms with Crippen molar-refractivity contribution in [1.29, 1.82) is 0 Å². The van der Waals surface area contributed by atoms with Crippen molar-refractivity contribution in [1.82, 2.24) is 9.80 Å². The zero-order chi connectivity index (χ0) is 14.3. The molecule has 0 aliphatic heterocycles. The van der Waals surface area contributed by atoms with Crippen molar-refractivity contribution in [2.24, 2.45) is 0 Å². The van der Waals surface area contributed by atoms with Crippen LogP contribution in [0, 0.1) is 6.92 Å². The minimum atomic E-state index is -0.736. The Morgan fingerprint density at radius 2 is 1.84 bits per heavy atom. The van der Waals surface area contributed by atoms with Gasteiger partial charge in [0.1, 0.15) is 0 Å². The summed E-state index contributed by atoms with van der Waals surface area (Å²) >= 11 is 0. The Kier molecular flexibility index (Phi) is 6.53. The summed E-state index contributed by atoms with van der Waals surface area (Å²) < 4.78 is 0. The molecular formula is C15H24N2O2. The summed E-state index contributed by atoms with van der Waals surface area (Å²) in [5.74, 6) is -0.736. The molecule has 1 rings (SSSR count). The van der Waals surface area contributed by atoms with Crippen LogP contribution in [-0.2, 0) is 11.3 Å². The highest BCUT2D eigenvalue weighted by atomic mass is 16.4. The third-order valence-corrected chi connectivity index (χ3v) is 3.16. The van der Waals surface area contributed by atoms with Crippen molar-refractivity contribution >= 4 is 5.97 Å². The van der Waals surface area contributed by atoms with Crippen molar-refractivity contribution in [2.75, 3.05) is 33.7 Å². The van der Waals surface area contributed by atoms with Gasteiger partial charge in [-0.15, -0.1) is 0 Å². The number of likely N-dealkylation sites (N-methyl/N-ethyl adjacent to an activating group) is 1. The Labute approximate surface area is 115 Å². The van der Waals surface area contributed by atoms with Crippen molar-refractivity contribution in [3.8, 4) is 0 Å². The van der Waals surface area contributed by atoms with Gasteiger partial charge in [0, 0.05) is 26.2 Å². The van der Waals surface area contributed by atoms with Gasteiger partial charge in [0.05, 0.1) is 6.42 Å². The molecule has 0 atom stereocenters. The third kappa shape index (κ3) is 6.36. The Hall–Kier alpha value is -1.39. The van der Waals surface area contributed by atoms with Crippen molar-refractivity contribution in [2.45, 2.75) is 19.9 Å². The molecule has 1 N–H and O–H groups in total.